The molecule has 0 atom stereocenters. The predicted molar refractivity (Wildman–Crippen MR) is 63.3 cm³/mol. The van der Waals surface area contributed by atoms with Crippen LogP contribution < -0.4 is 10.5 Å². The molecule has 0 radical (unpaired) electrons. The molecule has 0 saturated heterocycles. The number of hydrogen-bond acceptors (Lipinski definition) is 5. The third-order valence-electron chi connectivity index (χ3n) is 2.17. The second-order valence-corrected chi connectivity index (χ2v) is 5.37. The van der Waals surface area contributed by atoms with Crippen molar-refractivity contribution >= 4 is 21.6 Å². The lowest BCUT2D eigenvalue weighted by molar-refractivity contribution is -0.387. The number of nitro benzene ring substituents is 1. The summed E-state index contributed by atoms with van der Waals surface area (Å²) in [5.41, 5.74) is -2.23. The minimum absolute atomic E-state index is 0.487. The number of hydrogen-bond donors (Lipinski definition) is 2. The molecule has 1 aromatic carbocycles. The van der Waals surface area contributed by atoms with Crippen LogP contribution in [0.3, 0.4) is 0 Å². The molecule has 0 heterocycles. The van der Waals surface area contributed by atoms with Crippen LogP contribution in [-0.2, 0) is 10.0 Å². The highest BCUT2D eigenvalue weighted by molar-refractivity contribution is 7.89. The van der Waals surface area contributed by atoms with Crippen LogP contribution in [0.2, 0.25) is 0 Å². The monoisotopic (exact) mass is 309 g/mol. The number of primary sulfonamides is 1. The Hall–Kier alpha value is -2.14. The maximum absolute atomic E-state index is 13.6. The van der Waals surface area contributed by atoms with Gasteiger partial charge in [0.15, 0.2) is 0 Å². The molecule has 0 aliphatic carbocycles. The normalized spacial score (nSPS) is 11.2. The zero-order valence-electron chi connectivity index (χ0n) is 9.80. The molecule has 0 aromatic heterocycles. The maximum atomic E-state index is 13.6. The molecule has 0 unspecified atom stereocenters. The van der Waals surface area contributed by atoms with E-state index in [1.165, 1.54) is 0 Å². The number of carbonyl (C=O) groups excluding carboxylic acids is 1. The Morgan fingerprint density at radius 3 is 2.50 bits per heavy atom. The SMILES string of the molecule is NS(=O)(=O)CCNC(=O)c1c(F)ccc([N+](=O)[O-])c1F. The first-order valence-corrected chi connectivity index (χ1v) is 6.76. The highest BCUT2D eigenvalue weighted by Gasteiger charge is 2.26. The molecule has 20 heavy (non-hydrogen) atoms. The lowest BCUT2D eigenvalue weighted by Crippen LogP contribution is -2.32. The van der Waals surface area contributed by atoms with Crippen LogP contribution >= 0.6 is 0 Å². The van der Waals surface area contributed by atoms with Gasteiger partial charge in [-0.3, -0.25) is 14.9 Å². The molecule has 0 aliphatic heterocycles. The van der Waals surface area contributed by atoms with Crippen LogP contribution in [-0.4, -0.2) is 31.5 Å². The Morgan fingerprint density at radius 1 is 1.40 bits per heavy atom. The largest absolute Gasteiger partial charge is 0.351 e. The van der Waals surface area contributed by atoms with Gasteiger partial charge in [-0.25, -0.2) is 17.9 Å². The molecule has 1 aromatic rings. The maximum Gasteiger partial charge on any atom is 0.305 e. The zero-order valence-corrected chi connectivity index (χ0v) is 10.6. The van der Waals surface area contributed by atoms with Gasteiger partial charge in [0.1, 0.15) is 11.4 Å². The van der Waals surface area contributed by atoms with E-state index in [-0.39, 0.29) is 0 Å². The van der Waals surface area contributed by atoms with Crippen molar-refractivity contribution in [2.24, 2.45) is 5.14 Å². The summed E-state index contributed by atoms with van der Waals surface area (Å²) in [6.07, 6.45) is 0. The van der Waals surface area contributed by atoms with Crippen molar-refractivity contribution in [1.82, 2.24) is 5.32 Å². The van der Waals surface area contributed by atoms with Gasteiger partial charge in [-0.05, 0) is 6.07 Å². The Morgan fingerprint density at radius 2 is 2.00 bits per heavy atom. The van der Waals surface area contributed by atoms with Crippen molar-refractivity contribution in [3.8, 4) is 0 Å². The van der Waals surface area contributed by atoms with Crippen LogP contribution in [0.5, 0.6) is 0 Å². The van der Waals surface area contributed by atoms with E-state index in [0.29, 0.717) is 12.1 Å². The number of carbonyl (C=O) groups is 1. The van der Waals surface area contributed by atoms with Crippen molar-refractivity contribution in [2.45, 2.75) is 0 Å². The number of amides is 1. The third kappa shape index (κ3) is 3.93. The van der Waals surface area contributed by atoms with Gasteiger partial charge >= 0.3 is 5.69 Å². The average molecular weight is 309 g/mol. The molecule has 11 heteroatoms. The lowest BCUT2D eigenvalue weighted by atomic mass is 10.1. The smallest absolute Gasteiger partial charge is 0.305 e. The Balaban J connectivity index is 2.98. The summed E-state index contributed by atoms with van der Waals surface area (Å²) in [4.78, 5) is 20.9. The van der Waals surface area contributed by atoms with E-state index in [2.05, 4.69) is 5.14 Å². The molecular weight excluding hydrogens is 300 g/mol. The van der Waals surface area contributed by atoms with Crippen molar-refractivity contribution in [3.63, 3.8) is 0 Å². The molecule has 110 valence electrons. The van der Waals surface area contributed by atoms with E-state index in [4.69, 9.17) is 0 Å². The van der Waals surface area contributed by atoms with Gasteiger partial charge in [0.25, 0.3) is 5.91 Å². The van der Waals surface area contributed by atoms with Gasteiger partial charge in [-0.15, -0.1) is 0 Å². The second kappa shape index (κ2) is 5.88. The van der Waals surface area contributed by atoms with E-state index in [9.17, 15) is 32.1 Å². The number of rotatable bonds is 5. The summed E-state index contributed by atoms with van der Waals surface area (Å²) in [5.74, 6) is -4.90. The predicted octanol–water partition coefficient (Wildman–Crippen LogP) is -0.109. The fourth-order valence-electron chi connectivity index (χ4n) is 1.29. The van der Waals surface area contributed by atoms with Crippen LogP contribution in [0.1, 0.15) is 10.4 Å². The molecular formula is C9H9F2N3O5S. The molecule has 0 saturated carbocycles. The van der Waals surface area contributed by atoms with E-state index in [1.54, 1.807) is 0 Å². The van der Waals surface area contributed by atoms with E-state index >= 15 is 0 Å². The number of nitrogens with zero attached hydrogens (tertiary/aromatic N) is 1. The number of nitrogens with one attached hydrogen (secondary N) is 1. The summed E-state index contributed by atoms with van der Waals surface area (Å²) in [6.45, 7) is -0.487. The minimum Gasteiger partial charge on any atom is -0.351 e. The number of sulfonamides is 1. The van der Waals surface area contributed by atoms with Gasteiger partial charge in [0.05, 0.1) is 10.7 Å². The lowest BCUT2D eigenvalue weighted by Gasteiger charge is -2.06. The number of nitrogens with two attached hydrogens (primary N) is 1. The molecule has 1 rings (SSSR count). The fourth-order valence-corrected chi connectivity index (χ4v) is 1.67. The molecule has 1 amide bonds. The van der Waals surface area contributed by atoms with Gasteiger partial charge in [-0.2, -0.15) is 4.39 Å². The first kappa shape index (κ1) is 15.9. The standard InChI is InChI=1S/C9H9F2N3O5S/c10-5-1-2-6(14(16)17)8(11)7(5)9(15)13-3-4-20(12,18)19/h1-2H,3-4H2,(H,13,15)(H2,12,18,19). The quantitative estimate of drug-likeness (QED) is 0.578. The first-order valence-electron chi connectivity index (χ1n) is 5.04. The first-order chi connectivity index (χ1) is 9.13. The van der Waals surface area contributed by atoms with Gasteiger partial charge < -0.3 is 5.32 Å². The van der Waals surface area contributed by atoms with Crippen molar-refractivity contribution in [1.29, 1.82) is 0 Å². The molecule has 0 bridgehead atoms. The van der Waals surface area contributed by atoms with Crippen LogP contribution in [0.15, 0.2) is 12.1 Å². The van der Waals surface area contributed by atoms with Crippen LogP contribution in [0, 0.1) is 21.7 Å². The number of benzene rings is 1. The average Bonchev–Trinajstić information content (AvgIpc) is 2.26. The van der Waals surface area contributed by atoms with E-state index < -0.39 is 56.0 Å². The number of halogens is 2. The van der Waals surface area contributed by atoms with Crippen LogP contribution in [0.4, 0.5) is 14.5 Å². The molecule has 3 N–H and O–H groups in total. The van der Waals surface area contributed by atoms with Crippen molar-refractivity contribution in [3.05, 3.63) is 39.4 Å². The topological polar surface area (TPSA) is 132 Å². The van der Waals surface area contributed by atoms with Gasteiger partial charge in [-0.1, -0.05) is 0 Å². The Bertz CT molecular complexity index is 662. The summed E-state index contributed by atoms with van der Waals surface area (Å²) >= 11 is 0. The zero-order chi connectivity index (χ0) is 15.5. The van der Waals surface area contributed by atoms with E-state index in [1.807, 2.05) is 5.32 Å². The molecule has 0 spiro atoms. The molecule has 8 nitrogen and oxygen atoms in total. The van der Waals surface area contributed by atoms with Crippen LogP contribution in [0.25, 0.3) is 0 Å². The minimum atomic E-state index is -3.85. The molecule has 0 aliphatic rings. The second-order valence-electron chi connectivity index (χ2n) is 3.64. The van der Waals surface area contributed by atoms with Gasteiger partial charge in [0.2, 0.25) is 15.8 Å². The van der Waals surface area contributed by atoms with Gasteiger partial charge in [0, 0.05) is 12.6 Å². The molecule has 0 fully saturated rings. The van der Waals surface area contributed by atoms with Crippen molar-refractivity contribution in [2.75, 3.05) is 12.3 Å². The van der Waals surface area contributed by atoms with E-state index in [0.717, 1.165) is 0 Å². The summed E-state index contributed by atoms with van der Waals surface area (Å²) in [5, 5.41) is 17.0. The Kier molecular flexibility index (Phi) is 4.68. The third-order valence-corrected chi connectivity index (χ3v) is 2.94. The fraction of sp³-hybridized carbons (Fsp3) is 0.222. The Labute approximate surface area is 111 Å². The summed E-state index contributed by atoms with van der Waals surface area (Å²) in [7, 11) is -3.85. The van der Waals surface area contributed by atoms with Crippen molar-refractivity contribution < 1.29 is 26.9 Å². The highest BCUT2D eigenvalue weighted by atomic mass is 32.2. The highest BCUT2D eigenvalue weighted by Crippen LogP contribution is 2.22. The number of nitro groups is 1. The summed E-state index contributed by atoms with van der Waals surface area (Å²) in [6, 6.07) is 1.14. The summed E-state index contributed by atoms with van der Waals surface area (Å²) < 4.78 is 48.2.